The third-order valence-corrected chi connectivity index (χ3v) is 6.85. The van der Waals surface area contributed by atoms with Gasteiger partial charge in [-0.05, 0) is 73.3 Å². The molecule has 0 unspecified atom stereocenters. The summed E-state index contributed by atoms with van der Waals surface area (Å²) >= 11 is 0. The molecule has 27 heavy (non-hydrogen) atoms. The van der Waals surface area contributed by atoms with Crippen molar-refractivity contribution in [1.82, 2.24) is 5.32 Å². The molecule has 2 bridgehead atoms. The zero-order chi connectivity index (χ0) is 18.2. The van der Waals surface area contributed by atoms with Crippen molar-refractivity contribution in [3.05, 3.63) is 65.2 Å². The van der Waals surface area contributed by atoms with Gasteiger partial charge in [0.15, 0.2) is 0 Å². The molecule has 1 amide bonds. The minimum Gasteiger partial charge on any atom is -0.367 e. The largest absolute Gasteiger partial charge is 0.367 e. The van der Waals surface area contributed by atoms with Crippen molar-refractivity contribution < 1.29 is 4.79 Å². The molecule has 2 aromatic rings. The van der Waals surface area contributed by atoms with Gasteiger partial charge in [-0.25, -0.2) is 0 Å². The van der Waals surface area contributed by atoms with Crippen molar-refractivity contribution >= 4 is 11.6 Å². The number of nitrogens with zero attached hydrogens (tertiary/aromatic N) is 1. The number of para-hydroxylation sites is 1. The van der Waals surface area contributed by atoms with Crippen molar-refractivity contribution in [3.63, 3.8) is 0 Å². The first kappa shape index (κ1) is 16.9. The first-order valence-corrected chi connectivity index (χ1v) is 10.5. The van der Waals surface area contributed by atoms with E-state index in [1.165, 1.54) is 55.3 Å². The summed E-state index contributed by atoms with van der Waals surface area (Å²) in [5, 5.41) is 3.29. The van der Waals surface area contributed by atoms with Gasteiger partial charge in [-0.15, -0.1) is 0 Å². The first-order valence-electron chi connectivity index (χ1n) is 10.5. The normalized spacial score (nSPS) is 26.1. The maximum atomic E-state index is 12.6. The Morgan fingerprint density at radius 3 is 2.67 bits per heavy atom. The maximum Gasteiger partial charge on any atom is 0.251 e. The zero-order valence-electron chi connectivity index (χ0n) is 15.9. The number of hydrogen-bond acceptors (Lipinski definition) is 2. The van der Waals surface area contributed by atoms with E-state index >= 15 is 0 Å². The van der Waals surface area contributed by atoms with E-state index in [-0.39, 0.29) is 5.91 Å². The molecule has 2 aromatic carbocycles. The lowest BCUT2D eigenvalue weighted by Gasteiger charge is -2.31. The van der Waals surface area contributed by atoms with Crippen molar-refractivity contribution in [3.8, 4) is 0 Å². The highest BCUT2D eigenvalue weighted by molar-refractivity contribution is 5.94. The van der Waals surface area contributed by atoms with Crippen molar-refractivity contribution in [2.24, 2.45) is 11.8 Å². The quantitative estimate of drug-likeness (QED) is 0.867. The zero-order valence-corrected chi connectivity index (χ0v) is 15.9. The van der Waals surface area contributed by atoms with Crippen LogP contribution in [0.4, 0.5) is 5.69 Å². The summed E-state index contributed by atoms with van der Waals surface area (Å²) in [7, 11) is 0. The molecule has 1 heterocycles. The standard InChI is InChI=1S/C24H28N2O/c27-24(25-22-15-18-9-12-21(22)14-18)20-10-7-17(8-11-20)16-26-13-3-5-19-4-1-2-6-23(19)26/h1-2,4,6-8,10-11,18,21-22H,3,5,9,12-16H2,(H,25,27)/t18-,21+,22-/m0/s1. The molecule has 2 aliphatic carbocycles. The highest BCUT2D eigenvalue weighted by Gasteiger charge is 2.40. The Hall–Kier alpha value is -2.29. The number of aryl methyl sites for hydroxylation is 1. The van der Waals surface area contributed by atoms with Crippen LogP contribution >= 0.6 is 0 Å². The van der Waals surface area contributed by atoms with Gasteiger partial charge in [0.1, 0.15) is 0 Å². The topological polar surface area (TPSA) is 32.3 Å². The lowest BCUT2D eigenvalue weighted by atomic mass is 9.95. The lowest BCUT2D eigenvalue weighted by molar-refractivity contribution is 0.0923. The molecule has 5 rings (SSSR count). The lowest BCUT2D eigenvalue weighted by Crippen LogP contribution is -2.38. The third kappa shape index (κ3) is 3.36. The minimum atomic E-state index is 0.0995. The van der Waals surface area contributed by atoms with Gasteiger partial charge in [-0.3, -0.25) is 4.79 Å². The van der Waals surface area contributed by atoms with Gasteiger partial charge in [0.25, 0.3) is 5.91 Å². The molecule has 3 heteroatoms. The fraction of sp³-hybridized carbons (Fsp3) is 0.458. The molecule has 0 saturated heterocycles. The fourth-order valence-electron chi connectivity index (χ4n) is 5.43. The molecular weight excluding hydrogens is 332 g/mol. The maximum absolute atomic E-state index is 12.6. The van der Waals surface area contributed by atoms with Crippen LogP contribution in [-0.2, 0) is 13.0 Å². The summed E-state index contributed by atoms with van der Waals surface area (Å²) < 4.78 is 0. The van der Waals surface area contributed by atoms with Crippen LogP contribution in [0.3, 0.4) is 0 Å². The predicted molar refractivity (Wildman–Crippen MR) is 109 cm³/mol. The number of rotatable bonds is 4. The summed E-state index contributed by atoms with van der Waals surface area (Å²) in [5.41, 5.74) is 4.87. The summed E-state index contributed by atoms with van der Waals surface area (Å²) in [5.74, 6) is 1.68. The van der Waals surface area contributed by atoms with E-state index in [4.69, 9.17) is 0 Å². The number of amides is 1. The highest BCUT2D eigenvalue weighted by Crippen LogP contribution is 2.44. The molecule has 0 spiro atoms. The number of hydrogen-bond donors (Lipinski definition) is 1. The second kappa shape index (κ2) is 7.03. The number of carbonyl (C=O) groups is 1. The molecule has 3 aliphatic rings. The number of anilines is 1. The monoisotopic (exact) mass is 360 g/mol. The Labute approximate surface area is 161 Å². The van der Waals surface area contributed by atoms with Gasteiger partial charge in [0.2, 0.25) is 0 Å². The Bertz CT molecular complexity index is 829. The second-order valence-corrected chi connectivity index (χ2v) is 8.61. The van der Waals surface area contributed by atoms with E-state index in [1.807, 2.05) is 12.1 Å². The summed E-state index contributed by atoms with van der Waals surface area (Å²) in [4.78, 5) is 15.1. The van der Waals surface area contributed by atoms with Gasteiger partial charge in [-0.1, -0.05) is 36.8 Å². The average molecular weight is 361 g/mol. The molecular formula is C24H28N2O. The molecule has 2 fully saturated rings. The SMILES string of the molecule is O=C(N[C@H]1C[C@H]2CC[C@@H]1C2)c1ccc(CN2CCCc3ccccc32)cc1. The Kier molecular flexibility index (Phi) is 4.39. The predicted octanol–water partition coefficient (Wildman–Crippen LogP) is 4.56. The molecule has 2 saturated carbocycles. The van der Waals surface area contributed by atoms with E-state index in [0.29, 0.717) is 6.04 Å². The van der Waals surface area contributed by atoms with Gasteiger partial charge in [0.05, 0.1) is 0 Å². The molecule has 140 valence electrons. The van der Waals surface area contributed by atoms with Crippen LogP contribution in [0.2, 0.25) is 0 Å². The van der Waals surface area contributed by atoms with E-state index < -0.39 is 0 Å². The van der Waals surface area contributed by atoms with Crippen LogP contribution in [-0.4, -0.2) is 18.5 Å². The highest BCUT2D eigenvalue weighted by atomic mass is 16.1. The number of carbonyl (C=O) groups excluding carboxylic acids is 1. The molecule has 3 atom stereocenters. The summed E-state index contributed by atoms with van der Waals surface area (Å²) in [6, 6.07) is 17.4. The van der Waals surface area contributed by atoms with Crippen molar-refractivity contribution in [2.75, 3.05) is 11.4 Å². The van der Waals surface area contributed by atoms with Crippen molar-refractivity contribution in [2.45, 2.75) is 51.1 Å². The van der Waals surface area contributed by atoms with E-state index in [9.17, 15) is 4.79 Å². The minimum absolute atomic E-state index is 0.0995. The van der Waals surface area contributed by atoms with Crippen LogP contribution in [0.5, 0.6) is 0 Å². The first-order chi connectivity index (χ1) is 13.3. The number of nitrogens with one attached hydrogen (secondary N) is 1. The third-order valence-electron chi connectivity index (χ3n) is 6.85. The Morgan fingerprint density at radius 2 is 1.89 bits per heavy atom. The van der Waals surface area contributed by atoms with Gasteiger partial charge < -0.3 is 10.2 Å². The van der Waals surface area contributed by atoms with Gasteiger partial charge in [-0.2, -0.15) is 0 Å². The molecule has 1 aliphatic heterocycles. The van der Waals surface area contributed by atoms with E-state index in [0.717, 1.165) is 30.5 Å². The van der Waals surface area contributed by atoms with Gasteiger partial charge in [0, 0.05) is 30.4 Å². The van der Waals surface area contributed by atoms with E-state index in [1.54, 1.807) is 0 Å². The smallest absolute Gasteiger partial charge is 0.251 e. The number of benzene rings is 2. The van der Waals surface area contributed by atoms with Crippen LogP contribution in [0.15, 0.2) is 48.5 Å². The Balaban J connectivity index is 1.24. The molecule has 0 aromatic heterocycles. The van der Waals surface area contributed by atoms with Crippen molar-refractivity contribution in [1.29, 1.82) is 0 Å². The van der Waals surface area contributed by atoms with Crippen LogP contribution in [0.1, 0.15) is 53.6 Å². The fourth-order valence-corrected chi connectivity index (χ4v) is 5.43. The van der Waals surface area contributed by atoms with Crippen LogP contribution in [0.25, 0.3) is 0 Å². The Morgan fingerprint density at radius 1 is 1.04 bits per heavy atom. The van der Waals surface area contributed by atoms with Gasteiger partial charge >= 0.3 is 0 Å². The second-order valence-electron chi connectivity index (χ2n) is 8.61. The average Bonchev–Trinajstić information content (AvgIpc) is 3.32. The molecule has 3 nitrogen and oxygen atoms in total. The van der Waals surface area contributed by atoms with E-state index in [2.05, 4.69) is 46.6 Å². The summed E-state index contributed by atoms with van der Waals surface area (Å²) in [6.45, 7) is 2.01. The number of fused-ring (bicyclic) bond motifs is 3. The van der Waals surface area contributed by atoms with Crippen LogP contribution in [0, 0.1) is 11.8 Å². The summed E-state index contributed by atoms with van der Waals surface area (Å²) in [6.07, 6.45) is 7.55. The molecule has 1 N–H and O–H groups in total. The van der Waals surface area contributed by atoms with Crippen LogP contribution < -0.4 is 10.2 Å². The molecule has 0 radical (unpaired) electrons.